The first-order valence-electron chi connectivity index (χ1n) is 6.78. The van der Waals surface area contributed by atoms with Crippen LogP contribution in [-0.2, 0) is 11.3 Å². The Hall–Kier alpha value is -2.86. The van der Waals surface area contributed by atoms with Crippen LogP contribution in [0.15, 0.2) is 59.6 Å². The van der Waals surface area contributed by atoms with E-state index in [-0.39, 0.29) is 12.4 Å². The van der Waals surface area contributed by atoms with Crippen LogP contribution in [0.4, 0.5) is 10.5 Å². The van der Waals surface area contributed by atoms with E-state index in [1.54, 1.807) is 24.3 Å². The minimum Gasteiger partial charge on any atom is -0.443 e. The van der Waals surface area contributed by atoms with E-state index in [9.17, 15) is 4.79 Å². The summed E-state index contributed by atoms with van der Waals surface area (Å²) in [4.78, 5) is 15.4. The first-order valence-corrected chi connectivity index (χ1v) is 6.78. The molecule has 2 aromatic carbocycles. The molecule has 114 valence electrons. The molecule has 0 spiro atoms. The van der Waals surface area contributed by atoms with Gasteiger partial charge in [-0.1, -0.05) is 30.3 Å². The quantitative estimate of drug-likeness (QED) is 0.445. The van der Waals surface area contributed by atoms with Crippen molar-refractivity contribution in [2.45, 2.75) is 6.61 Å². The number of nitrogens with two attached hydrogens (primary N) is 2. The molecule has 6 nitrogen and oxygen atoms in total. The molecule has 0 aromatic heterocycles. The molecule has 0 bridgehead atoms. The van der Waals surface area contributed by atoms with Gasteiger partial charge in [-0.15, -0.1) is 0 Å². The van der Waals surface area contributed by atoms with Crippen LogP contribution in [0.3, 0.4) is 0 Å². The minimum absolute atomic E-state index is 0.109. The van der Waals surface area contributed by atoms with E-state index >= 15 is 0 Å². The van der Waals surface area contributed by atoms with E-state index < -0.39 is 6.09 Å². The van der Waals surface area contributed by atoms with Crippen LogP contribution in [0.5, 0.6) is 0 Å². The van der Waals surface area contributed by atoms with Gasteiger partial charge in [0.25, 0.3) is 0 Å². The highest BCUT2D eigenvalue weighted by atomic mass is 16.5. The van der Waals surface area contributed by atoms with Gasteiger partial charge in [-0.2, -0.15) is 4.99 Å². The first kappa shape index (κ1) is 15.5. The van der Waals surface area contributed by atoms with E-state index in [1.807, 2.05) is 30.3 Å². The van der Waals surface area contributed by atoms with Crippen molar-refractivity contribution in [3.05, 3.63) is 65.7 Å². The maximum Gasteiger partial charge on any atom is 0.435 e. The summed E-state index contributed by atoms with van der Waals surface area (Å²) in [6.07, 6.45) is -0.717. The number of amidine groups is 1. The monoisotopic (exact) mass is 298 g/mol. The topological polar surface area (TPSA) is 103 Å². The van der Waals surface area contributed by atoms with Gasteiger partial charge in [-0.3, -0.25) is 0 Å². The normalized spacial score (nSPS) is 11.0. The number of rotatable bonds is 5. The molecular weight excluding hydrogens is 280 g/mol. The van der Waals surface area contributed by atoms with E-state index in [0.717, 1.165) is 11.3 Å². The highest BCUT2D eigenvalue weighted by molar-refractivity contribution is 6.02. The summed E-state index contributed by atoms with van der Waals surface area (Å²) in [7, 11) is 0. The molecule has 0 unspecified atom stereocenters. The highest BCUT2D eigenvalue weighted by Crippen LogP contribution is 2.09. The van der Waals surface area contributed by atoms with Crippen molar-refractivity contribution in [2.24, 2.45) is 16.5 Å². The average molecular weight is 298 g/mol. The van der Waals surface area contributed by atoms with Gasteiger partial charge in [0, 0.05) is 11.3 Å². The van der Waals surface area contributed by atoms with Crippen molar-refractivity contribution in [3.63, 3.8) is 0 Å². The Kier molecular flexibility index (Phi) is 5.50. The summed E-state index contributed by atoms with van der Waals surface area (Å²) < 4.78 is 5.05. The molecule has 0 aliphatic heterocycles. The molecule has 2 rings (SSSR count). The smallest absolute Gasteiger partial charge is 0.435 e. The number of nitrogens with zero attached hydrogens (tertiary/aromatic N) is 1. The molecular formula is C16H18N4O2. The number of benzene rings is 2. The Morgan fingerprint density at radius 2 is 1.77 bits per heavy atom. The van der Waals surface area contributed by atoms with Crippen LogP contribution in [0.25, 0.3) is 0 Å². The van der Waals surface area contributed by atoms with Crippen LogP contribution in [0.2, 0.25) is 0 Å². The lowest BCUT2D eigenvalue weighted by Gasteiger charge is -2.05. The molecule has 0 aliphatic rings. The molecule has 5 N–H and O–H groups in total. The Balaban J connectivity index is 1.94. The fourth-order valence-electron chi connectivity index (χ4n) is 1.79. The molecule has 0 saturated heterocycles. The van der Waals surface area contributed by atoms with Gasteiger partial charge in [-0.25, -0.2) is 4.79 Å². The second-order valence-corrected chi connectivity index (χ2v) is 4.50. The Morgan fingerprint density at radius 1 is 1.09 bits per heavy atom. The predicted octanol–water partition coefficient (Wildman–Crippen LogP) is 2.06. The number of nitrogens with one attached hydrogen (secondary N) is 1. The number of amides is 1. The lowest BCUT2D eigenvalue weighted by atomic mass is 10.2. The van der Waals surface area contributed by atoms with Gasteiger partial charge in [-0.05, 0) is 29.8 Å². The largest absolute Gasteiger partial charge is 0.443 e. The number of carbonyl (C=O) groups excluding carboxylic acids is 1. The maximum atomic E-state index is 11.7. The average Bonchev–Trinajstić information content (AvgIpc) is 2.55. The van der Waals surface area contributed by atoms with Crippen molar-refractivity contribution in [1.82, 2.24) is 0 Å². The van der Waals surface area contributed by atoms with Crippen molar-refractivity contribution >= 4 is 17.6 Å². The highest BCUT2D eigenvalue weighted by Gasteiger charge is 2.05. The molecule has 22 heavy (non-hydrogen) atoms. The summed E-state index contributed by atoms with van der Waals surface area (Å²) in [6.45, 7) is 0.505. The fraction of sp³-hybridized carbons (Fsp3) is 0.125. The molecule has 0 radical (unpaired) electrons. The van der Waals surface area contributed by atoms with Crippen LogP contribution in [0.1, 0.15) is 11.1 Å². The van der Waals surface area contributed by atoms with Gasteiger partial charge in [0.05, 0.1) is 6.67 Å². The Labute approximate surface area is 128 Å². The van der Waals surface area contributed by atoms with Gasteiger partial charge < -0.3 is 21.5 Å². The summed E-state index contributed by atoms with van der Waals surface area (Å²) in [5.41, 5.74) is 13.6. The third-order valence-electron chi connectivity index (χ3n) is 2.90. The maximum absolute atomic E-state index is 11.7. The zero-order valence-corrected chi connectivity index (χ0v) is 12.0. The van der Waals surface area contributed by atoms with Crippen LogP contribution >= 0.6 is 0 Å². The van der Waals surface area contributed by atoms with Crippen molar-refractivity contribution in [3.8, 4) is 0 Å². The second kappa shape index (κ2) is 7.80. The van der Waals surface area contributed by atoms with Gasteiger partial charge >= 0.3 is 6.09 Å². The van der Waals surface area contributed by atoms with E-state index in [0.29, 0.717) is 12.2 Å². The number of hydrogen-bond donors (Lipinski definition) is 3. The number of aliphatic imine (C=N–C) groups is 1. The molecule has 0 atom stereocenters. The SMILES string of the molecule is NCNc1ccc(/C(N)=N\C(=O)OCc2ccccc2)cc1. The Morgan fingerprint density at radius 3 is 2.41 bits per heavy atom. The standard InChI is InChI=1S/C16H18N4O2/c17-11-19-14-8-6-13(7-9-14)15(18)20-16(21)22-10-12-4-2-1-3-5-12/h1-9,19H,10-11,17H2,(H2,18,20,21). The fourth-order valence-corrected chi connectivity index (χ4v) is 1.79. The molecule has 0 saturated carbocycles. The number of ether oxygens (including phenoxy) is 1. The minimum atomic E-state index is -0.717. The van der Waals surface area contributed by atoms with Gasteiger partial charge in [0.15, 0.2) is 0 Å². The zero-order valence-electron chi connectivity index (χ0n) is 12.0. The third-order valence-corrected chi connectivity index (χ3v) is 2.90. The predicted molar refractivity (Wildman–Crippen MR) is 86.5 cm³/mol. The van der Waals surface area contributed by atoms with E-state index in [2.05, 4.69) is 10.3 Å². The lowest BCUT2D eigenvalue weighted by Crippen LogP contribution is -2.16. The first-order chi connectivity index (χ1) is 10.7. The van der Waals surface area contributed by atoms with Crippen LogP contribution < -0.4 is 16.8 Å². The van der Waals surface area contributed by atoms with Gasteiger partial charge in [0.2, 0.25) is 0 Å². The number of hydrogen-bond acceptors (Lipinski definition) is 4. The molecule has 1 amide bonds. The van der Waals surface area contributed by atoms with Crippen molar-refractivity contribution in [1.29, 1.82) is 0 Å². The molecule has 0 aliphatic carbocycles. The van der Waals surface area contributed by atoms with Crippen molar-refractivity contribution in [2.75, 3.05) is 12.0 Å². The summed E-state index contributed by atoms with van der Waals surface area (Å²) in [5.74, 6) is 0.109. The van der Waals surface area contributed by atoms with Crippen molar-refractivity contribution < 1.29 is 9.53 Å². The summed E-state index contributed by atoms with van der Waals surface area (Å²) in [6, 6.07) is 16.5. The van der Waals surface area contributed by atoms with Gasteiger partial charge in [0.1, 0.15) is 12.4 Å². The van der Waals surface area contributed by atoms with E-state index in [1.165, 1.54) is 0 Å². The zero-order chi connectivity index (χ0) is 15.8. The number of anilines is 1. The van der Waals surface area contributed by atoms with E-state index in [4.69, 9.17) is 16.2 Å². The third kappa shape index (κ3) is 4.60. The second-order valence-electron chi connectivity index (χ2n) is 4.50. The Bertz CT molecular complexity index is 639. The summed E-state index contributed by atoms with van der Waals surface area (Å²) in [5, 5.41) is 2.96. The van der Waals surface area contributed by atoms with Crippen LogP contribution in [0, 0.1) is 0 Å². The lowest BCUT2D eigenvalue weighted by molar-refractivity contribution is 0.151. The van der Waals surface area contributed by atoms with Crippen LogP contribution in [-0.4, -0.2) is 18.6 Å². The summed E-state index contributed by atoms with van der Waals surface area (Å²) >= 11 is 0. The molecule has 0 fully saturated rings. The molecule has 2 aromatic rings. The molecule has 6 heteroatoms. The number of carbonyl (C=O) groups is 1. The molecule has 0 heterocycles.